The monoisotopic (exact) mass is 347 g/mol. The van der Waals surface area contributed by atoms with Crippen LogP contribution in [0.2, 0.25) is 0 Å². The van der Waals surface area contributed by atoms with Gasteiger partial charge in [-0.05, 0) is 32.9 Å². The highest BCUT2D eigenvalue weighted by molar-refractivity contribution is 5.95. The Morgan fingerprint density at radius 1 is 1.08 bits per heavy atom. The molecule has 7 heteroatoms. The van der Waals surface area contributed by atoms with Crippen molar-refractivity contribution in [2.45, 2.75) is 27.3 Å². The normalized spacial score (nSPS) is 10.4. The fourth-order valence-electron chi connectivity index (χ4n) is 2.35. The van der Waals surface area contributed by atoms with Crippen molar-refractivity contribution in [3.63, 3.8) is 0 Å². The van der Waals surface area contributed by atoms with Crippen molar-refractivity contribution in [1.82, 2.24) is 14.9 Å². The number of ether oxygens (including phenoxy) is 3. The highest BCUT2D eigenvalue weighted by Gasteiger charge is 2.18. The molecule has 1 amide bonds. The first-order valence-corrected chi connectivity index (χ1v) is 8.41. The molecule has 0 atom stereocenters. The molecule has 1 heterocycles. The lowest BCUT2D eigenvalue weighted by molar-refractivity contribution is 0.0948. The number of benzene rings is 1. The Hall–Kier alpha value is -2.70. The van der Waals surface area contributed by atoms with Gasteiger partial charge in [0.1, 0.15) is 5.82 Å². The summed E-state index contributed by atoms with van der Waals surface area (Å²) in [4.78, 5) is 16.7. The molecule has 1 aromatic carbocycles. The summed E-state index contributed by atoms with van der Waals surface area (Å²) in [7, 11) is 1.88. The Morgan fingerprint density at radius 3 is 2.16 bits per heavy atom. The SMILES string of the molecule is CCOc1cc(C(=O)NCc2nccn2C)cc(OCC)c1OCC. The average Bonchev–Trinajstić information content (AvgIpc) is 3.00. The molecule has 2 rings (SSSR count). The Balaban J connectivity index is 2.26. The number of rotatable bonds is 9. The molecule has 0 bridgehead atoms. The lowest BCUT2D eigenvalue weighted by Crippen LogP contribution is -2.24. The van der Waals surface area contributed by atoms with Crippen LogP contribution in [0.4, 0.5) is 0 Å². The van der Waals surface area contributed by atoms with Gasteiger partial charge in [-0.3, -0.25) is 4.79 Å². The minimum Gasteiger partial charge on any atom is -0.490 e. The van der Waals surface area contributed by atoms with E-state index in [4.69, 9.17) is 14.2 Å². The van der Waals surface area contributed by atoms with Gasteiger partial charge >= 0.3 is 0 Å². The average molecular weight is 347 g/mol. The van der Waals surface area contributed by atoms with Crippen molar-refractivity contribution in [1.29, 1.82) is 0 Å². The first kappa shape index (κ1) is 18.6. The Labute approximate surface area is 147 Å². The smallest absolute Gasteiger partial charge is 0.251 e. The summed E-state index contributed by atoms with van der Waals surface area (Å²) in [6, 6.07) is 3.34. The lowest BCUT2D eigenvalue weighted by Gasteiger charge is -2.17. The summed E-state index contributed by atoms with van der Waals surface area (Å²) >= 11 is 0. The molecule has 1 aromatic heterocycles. The molecule has 1 N–H and O–H groups in total. The van der Waals surface area contributed by atoms with Gasteiger partial charge in [-0.2, -0.15) is 0 Å². The summed E-state index contributed by atoms with van der Waals surface area (Å²) in [6.07, 6.45) is 3.53. The number of aromatic nitrogens is 2. The third kappa shape index (κ3) is 4.65. The number of nitrogens with zero attached hydrogens (tertiary/aromatic N) is 2. The van der Waals surface area contributed by atoms with Crippen molar-refractivity contribution in [2.75, 3.05) is 19.8 Å². The lowest BCUT2D eigenvalue weighted by atomic mass is 10.1. The standard InChI is InChI=1S/C18H25N3O4/c1-5-23-14-10-13(11-15(24-6-2)17(14)25-7-3)18(22)20-12-16-19-8-9-21(16)4/h8-11H,5-7,12H2,1-4H3,(H,20,22). The summed E-state index contributed by atoms with van der Waals surface area (Å²) < 4.78 is 18.8. The fourth-order valence-corrected chi connectivity index (χ4v) is 2.35. The highest BCUT2D eigenvalue weighted by Crippen LogP contribution is 2.39. The van der Waals surface area contributed by atoms with E-state index >= 15 is 0 Å². The second kappa shape index (κ2) is 8.96. The van der Waals surface area contributed by atoms with Crippen LogP contribution in [0.15, 0.2) is 24.5 Å². The second-order valence-electron chi connectivity index (χ2n) is 5.24. The zero-order valence-electron chi connectivity index (χ0n) is 15.2. The molecule has 2 aromatic rings. The van der Waals surface area contributed by atoms with Gasteiger partial charge in [0.2, 0.25) is 5.75 Å². The molecule has 7 nitrogen and oxygen atoms in total. The third-order valence-electron chi connectivity index (χ3n) is 3.50. The van der Waals surface area contributed by atoms with Crippen molar-refractivity contribution in [3.8, 4) is 17.2 Å². The van der Waals surface area contributed by atoms with Crippen molar-refractivity contribution in [2.24, 2.45) is 7.05 Å². The highest BCUT2D eigenvalue weighted by atomic mass is 16.5. The molecular weight excluding hydrogens is 322 g/mol. The number of hydrogen-bond acceptors (Lipinski definition) is 5. The Kier molecular flexibility index (Phi) is 6.68. The predicted molar refractivity (Wildman–Crippen MR) is 94.3 cm³/mol. The van der Waals surface area contributed by atoms with Crippen LogP contribution in [-0.4, -0.2) is 35.3 Å². The minimum absolute atomic E-state index is 0.229. The zero-order valence-corrected chi connectivity index (χ0v) is 15.2. The maximum absolute atomic E-state index is 12.5. The van der Waals surface area contributed by atoms with Gasteiger partial charge in [0.15, 0.2) is 11.5 Å². The van der Waals surface area contributed by atoms with Crippen LogP contribution in [0.1, 0.15) is 37.0 Å². The van der Waals surface area contributed by atoms with Gasteiger partial charge in [0.05, 0.1) is 26.4 Å². The van der Waals surface area contributed by atoms with E-state index in [0.29, 0.717) is 49.2 Å². The minimum atomic E-state index is -0.229. The van der Waals surface area contributed by atoms with Crippen LogP contribution >= 0.6 is 0 Å². The van der Waals surface area contributed by atoms with E-state index in [1.807, 2.05) is 38.6 Å². The number of imidazole rings is 1. The van der Waals surface area contributed by atoms with Crippen LogP contribution in [0.5, 0.6) is 17.2 Å². The Bertz CT molecular complexity index is 685. The number of hydrogen-bond donors (Lipinski definition) is 1. The van der Waals surface area contributed by atoms with Gasteiger partial charge < -0.3 is 24.1 Å². The van der Waals surface area contributed by atoms with E-state index in [0.717, 1.165) is 5.82 Å². The van der Waals surface area contributed by atoms with Crippen LogP contribution in [-0.2, 0) is 13.6 Å². The quantitative estimate of drug-likeness (QED) is 0.754. The molecule has 0 saturated heterocycles. The molecule has 0 radical (unpaired) electrons. The first-order valence-electron chi connectivity index (χ1n) is 8.41. The summed E-state index contributed by atoms with van der Waals surface area (Å²) in [5.74, 6) is 2.06. The molecule has 0 saturated carbocycles. The van der Waals surface area contributed by atoms with Crippen molar-refractivity contribution < 1.29 is 19.0 Å². The summed E-state index contributed by atoms with van der Waals surface area (Å²) in [5, 5.41) is 2.86. The molecule has 0 aliphatic heterocycles. The molecule has 136 valence electrons. The van der Waals surface area contributed by atoms with Crippen LogP contribution in [0.3, 0.4) is 0 Å². The summed E-state index contributed by atoms with van der Waals surface area (Å²) in [5.41, 5.74) is 0.449. The van der Waals surface area contributed by atoms with Gasteiger partial charge in [0, 0.05) is 25.0 Å². The van der Waals surface area contributed by atoms with Crippen molar-refractivity contribution in [3.05, 3.63) is 35.9 Å². The predicted octanol–water partition coefficient (Wildman–Crippen LogP) is 2.55. The van der Waals surface area contributed by atoms with Gasteiger partial charge in [-0.25, -0.2) is 4.98 Å². The second-order valence-corrected chi connectivity index (χ2v) is 5.24. The maximum atomic E-state index is 12.5. The number of nitrogens with one attached hydrogen (secondary N) is 1. The largest absolute Gasteiger partial charge is 0.490 e. The molecule has 0 fully saturated rings. The third-order valence-corrected chi connectivity index (χ3v) is 3.50. The number of carbonyl (C=O) groups is 1. The fraction of sp³-hybridized carbons (Fsp3) is 0.444. The van der Waals surface area contributed by atoms with Gasteiger partial charge in [0.25, 0.3) is 5.91 Å². The topological polar surface area (TPSA) is 74.6 Å². The molecule has 0 spiro atoms. The van der Waals surface area contributed by atoms with E-state index < -0.39 is 0 Å². The Morgan fingerprint density at radius 2 is 1.68 bits per heavy atom. The molecule has 0 unspecified atom stereocenters. The van der Waals surface area contributed by atoms with Crippen LogP contribution in [0, 0.1) is 0 Å². The summed E-state index contributed by atoms with van der Waals surface area (Å²) in [6.45, 7) is 7.38. The zero-order chi connectivity index (χ0) is 18.2. The van der Waals surface area contributed by atoms with Gasteiger partial charge in [-0.1, -0.05) is 0 Å². The van der Waals surface area contributed by atoms with E-state index in [2.05, 4.69) is 10.3 Å². The van der Waals surface area contributed by atoms with E-state index in [1.165, 1.54) is 0 Å². The number of aryl methyl sites for hydroxylation is 1. The van der Waals surface area contributed by atoms with Crippen LogP contribution in [0.25, 0.3) is 0 Å². The first-order chi connectivity index (χ1) is 12.1. The number of carbonyl (C=O) groups excluding carboxylic acids is 1. The molecule has 25 heavy (non-hydrogen) atoms. The van der Waals surface area contributed by atoms with Crippen molar-refractivity contribution >= 4 is 5.91 Å². The molecule has 0 aliphatic rings. The number of amides is 1. The van der Waals surface area contributed by atoms with E-state index in [1.54, 1.807) is 18.3 Å². The molecular formula is C18H25N3O4. The van der Waals surface area contributed by atoms with E-state index in [-0.39, 0.29) is 5.91 Å². The van der Waals surface area contributed by atoms with Crippen LogP contribution < -0.4 is 19.5 Å². The molecule has 0 aliphatic carbocycles. The van der Waals surface area contributed by atoms with E-state index in [9.17, 15) is 4.79 Å². The van der Waals surface area contributed by atoms with Gasteiger partial charge in [-0.15, -0.1) is 0 Å². The maximum Gasteiger partial charge on any atom is 0.251 e.